The summed E-state index contributed by atoms with van der Waals surface area (Å²) in [5.74, 6) is 2.37. The summed E-state index contributed by atoms with van der Waals surface area (Å²) in [4.78, 5) is 12.0. The van der Waals surface area contributed by atoms with E-state index in [-0.39, 0.29) is 11.2 Å². The van der Waals surface area contributed by atoms with Gasteiger partial charge in [0, 0.05) is 11.3 Å². The second-order valence-corrected chi connectivity index (χ2v) is 6.50. The zero-order chi connectivity index (χ0) is 14.7. The summed E-state index contributed by atoms with van der Waals surface area (Å²) < 4.78 is 11.5. The van der Waals surface area contributed by atoms with Gasteiger partial charge in [-0.05, 0) is 49.8 Å². The second-order valence-electron chi connectivity index (χ2n) is 5.43. The molecule has 0 unspecified atom stereocenters. The van der Waals surface area contributed by atoms with Crippen molar-refractivity contribution >= 4 is 22.5 Å². The van der Waals surface area contributed by atoms with Crippen LogP contribution < -0.4 is 9.47 Å². The van der Waals surface area contributed by atoms with Crippen LogP contribution in [0.1, 0.15) is 37.7 Å². The van der Waals surface area contributed by atoms with E-state index in [0.717, 1.165) is 47.7 Å². The van der Waals surface area contributed by atoms with Crippen molar-refractivity contribution in [2.45, 2.75) is 38.2 Å². The Balaban J connectivity index is 1.88. The summed E-state index contributed by atoms with van der Waals surface area (Å²) in [6, 6.07) is 5.79. The second kappa shape index (κ2) is 6.56. The molecule has 112 valence electrons. The highest BCUT2D eigenvalue weighted by atomic mass is 32.2. The zero-order valence-electron chi connectivity index (χ0n) is 12.3. The third-order valence-electron chi connectivity index (χ3n) is 3.99. The largest absolute Gasteiger partial charge is 0.493 e. The third-order valence-corrected chi connectivity index (χ3v) is 4.91. The molecule has 1 saturated carbocycles. The normalized spacial score (nSPS) is 19.5. The van der Waals surface area contributed by atoms with Crippen molar-refractivity contribution < 1.29 is 14.3 Å². The highest BCUT2D eigenvalue weighted by molar-refractivity contribution is 8.14. The lowest BCUT2D eigenvalue weighted by molar-refractivity contribution is -0.106. The molecule has 0 spiro atoms. The highest BCUT2D eigenvalue weighted by Crippen LogP contribution is 2.36. The molecule has 4 heteroatoms. The van der Waals surface area contributed by atoms with E-state index in [1.54, 1.807) is 7.11 Å². The van der Waals surface area contributed by atoms with Gasteiger partial charge in [0.1, 0.15) is 0 Å². The van der Waals surface area contributed by atoms with Gasteiger partial charge in [0.15, 0.2) is 11.5 Å². The molecule has 0 amide bonds. The number of ether oxygens (including phenoxy) is 2. The Morgan fingerprint density at radius 1 is 1.19 bits per heavy atom. The van der Waals surface area contributed by atoms with Crippen molar-refractivity contribution in [2.75, 3.05) is 12.9 Å². The number of thioether (sulfide) groups is 1. The lowest BCUT2D eigenvalue weighted by Crippen LogP contribution is -2.12. The monoisotopic (exact) mass is 304 g/mol. The lowest BCUT2D eigenvalue weighted by atomic mass is 10.0. The number of carbonyl (C=O) groups is 1. The molecule has 3 nitrogen and oxygen atoms in total. The number of rotatable bonds is 4. The third kappa shape index (κ3) is 3.26. The van der Waals surface area contributed by atoms with Crippen LogP contribution in [0.2, 0.25) is 0 Å². The maximum atomic E-state index is 12.0. The molecular weight excluding hydrogens is 284 g/mol. The summed E-state index contributed by atoms with van der Waals surface area (Å²) in [7, 11) is 1.65. The molecule has 21 heavy (non-hydrogen) atoms. The van der Waals surface area contributed by atoms with Crippen LogP contribution in [0.5, 0.6) is 11.5 Å². The number of benzene rings is 1. The molecule has 2 aliphatic rings. The summed E-state index contributed by atoms with van der Waals surface area (Å²) in [5.41, 5.74) is 1.73. The van der Waals surface area contributed by atoms with E-state index in [2.05, 4.69) is 0 Å². The van der Waals surface area contributed by atoms with Crippen molar-refractivity contribution in [3.05, 3.63) is 29.8 Å². The quantitative estimate of drug-likeness (QED) is 0.840. The van der Waals surface area contributed by atoms with Crippen LogP contribution in [-0.2, 0) is 4.79 Å². The van der Waals surface area contributed by atoms with Crippen LogP contribution in [0.25, 0.3) is 5.57 Å². The molecule has 0 aromatic heterocycles. The average molecular weight is 304 g/mol. The van der Waals surface area contributed by atoms with E-state index in [1.165, 1.54) is 24.6 Å². The molecule has 0 atom stereocenters. The Morgan fingerprint density at radius 2 is 2.00 bits per heavy atom. The molecule has 1 aliphatic heterocycles. The first-order valence-electron chi connectivity index (χ1n) is 7.50. The van der Waals surface area contributed by atoms with Crippen molar-refractivity contribution in [3.8, 4) is 11.5 Å². The van der Waals surface area contributed by atoms with E-state index in [4.69, 9.17) is 9.47 Å². The van der Waals surface area contributed by atoms with Gasteiger partial charge >= 0.3 is 0 Å². The minimum absolute atomic E-state index is 0.151. The van der Waals surface area contributed by atoms with Crippen LogP contribution in [0, 0.1) is 0 Å². The van der Waals surface area contributed by atoms with Crippen molar-refractivity contribution in [1.29, 1.82) is 0 Å². The molecule has 3 rings (SSSR count). The van der Waals surface area contributed by atoms with E-state index in [9.17, 15) is 4.79 Å². The van der Waals surface area contributed by atoms with Gasteiger partial charge in [-0.25, -0.2) is 0 Å². The van der Waals surface area contributed by atoms with Gasteiger partial charge in [-0.15, -0.1) is 0 Å². The molecule has 0 N–H and O–H groups in total. The summed E-state index contributed by atoms with van der Waals surface area (Å²) in [6.45, 7) is 0. The SMILES string of the molecule is COc1ccc(C2=CCCSC2=O)cc1OC1CCCC1. The van der Waals surface area contributed by atoms with Crippen LogP contribution in [0.3, 0.4) is 0 Å². The Hall–Kier alpha value is -1.42. The maximum Gasteiger partial charge on any atom is 0.219 e. The molecule has 1 heterocycles. The number of hydrogen-bond donors (Lipinski definition) is 0. The number of methoxy groups -OCH3 is 1. The number of allylic oxidation sites excluding steroid dienone is 1. The Morgan fingerprint density at radius 3 is 2.71 bits per heavy atom. The Kier molecular flexibility index (Phi) is 4.54. The lowest BCUT2D eigenvalue weighted by Gasteiger charge is -2.18. The number of carbonyl (C=O) groups excluding carboxylic acids is 1. The van der Waals surface area contributed by atoms with Crippen LogP contribution in [0.4, 0.5) is 0 Å². The first-order valence-corrected chi connectivity index (χ1v) is 8.49. The molecule has 0 saturated heterocycles. The first kappa shape index (κ1) is 14.5. The average Bonchev–Trinajstić information content (AvgIpc) is 3.01. The molecule has 1 aliphatic carbocycles. The standard InChI is InChI=1S/C17H20O3S/c1-19-15-9-8-12(14-7-4-10-21-17(14)18)11-16(15)20-13-5-2-3-6-13/h7-9,11,13H,2-6,10H2,1H3. The highest BCUT2D eigenvalue weighted by Gasteiger charge is 2.21. The maximum absolute atomic E-state index is 12.0. The van der Waals surface area contributed by atoms with Gasteiger partial charge in [-0.2, -0.15) is 0 Å². The van der Waals surface area contributed by atoms with Gasteiger partial charge in [-0.1, -0.05) is 23.9 Å². The smallest absolute Gasteiger partial charge is 0.219 e. The number of hydrogen-bond acceptors (Lipinski definition) is 4. The molecule has 1 aromatic rings. The fourth-order valence-electron chi connectivity index (χ4n) is 2.87. The Bertz CT molecular complexity index is 559. The van der Waals surface area contributed by atoms with Crippen LogP contribution in [0.15, 0.2) is 24.3 Å². The van der Waals surface area contributed by atoms with E-state index in [0.29, 0.717) is 0 Å². The summed E-state index contributed by atoms with van der Waals surface area (Å²) >= 11 is 1.39. The van der Waals surface area contributed by atoms with E-state index >= 15 is 0 Å². The van der Waals surface area contributed by atoms with E-state index in [1.807, 2.05) is 24.3 Å². The summed E-state index contributed by atoms with van der Waals surface area (Å²) in [6.07, 6.45) is 7.91. The predicted octanol–water partition coefficient (Wildman–Crippen LogP) is 4.06. The van der Waals surface area contributed by atoms with Crippen LogP contribution >= 0.6 is 11.8 Å². The van der Waals surface area contributed by atoms with Gasteiger partial charge in [0.05, 0.1) is 13.2 Å². The van der Waals surface area contributed by atoms with Crippen molar-refractivity contribution in [1.82, 2.24) is 0 Å². The molecule has 0 bridgehead atoms. The first-order chi connectivity index (χ1) is 10.3. The molecule has 1 fully saturated rings. The molecule has 0 radical (unpaired) electrons. The zero-order valence-corrected chi connectivity index (χ0v) is 13.1. The predicted molar refractivity (Wildman–Crippen MR) is 85.9 cm³/mol. The van der Waals surface area contributed by atoms with E-state index < -0.39 is 0 Å². The van der Waals surface area contributed by atoms with Crippen LogP contribution in [-0.4, -0.2) is 24.1 Å². The fourth-order valence-corrected chi connectivity index (χ4v) is 3.65. The Labute approximate surface area is 129 Å². The topological polar surface area (TPSA) is 35.5 Å². The van der Waals surface area contributed by atoms with Gasteiger partial charge < -0.3 is 9.47 Å². The van der Waals surface area contributed by atoms with Gasteiger partial charge in [0.25, 0.3) is 0 Å². The molecule has 1 aromatic carbocycles. The molecular formula is C17H20O3S. The minimum atomic E-state index is 0.151. The summed E-state index contributed by atoms with van der Waals surface area (Å²) in [5, 5.41) is 0.151. The minimum Gasteiger partial charge on any atom is -0.493 e. The fraction of sp³-hybridized carbons (Fsp3) is 0.471. The van der Waals surface area contributed by atoms with Crippen molar-refractivity contribution in [2.24, 2.45) is 0 Å². The van der Waals surface area contributed by atoms with Gasteiger partial charge in [-0.3, -0.25) is 4.79 Å². The van der Waals surface area contributed by atoms with Gasteiger partial charge in [0.2, 0.25) is 5.12 Å². The van der Waals surface area contributed by atoms with Crippen molar-refractivity contribution in [3.63, 3.8) is 0 Å².